The molecular formula is C18H16O3. The molecule has 0 bridgehead atoms. The van der Waals surface area contributed by atoms with E-state index in [1.807, 2.05) is 42.5 Å². The molecule has 0 unspecified atom stereocenters. The Morgan fingerprint density at radius 3 is 2.71 bits per heavy atom. The molecule has 0 aliphatic rings. The van der Waals surface area contributed by atoms with Crippen molar-refractivity contribution >= 4 is 11.0 Å². The van der Waals surface area contributed by atoms with E-state index in [1.165, 1.54) is 0 Å². The topological polar surface area (TPSA) is 39.4 Å². The summed E-state index contributed by atoms with van der Waals surface area (Å²) >= 11 is 0. The molecule has 1 aromatic heterocycles. The van der Waals surface area contributed by atoms with Crippen molar-refractivity contribution in [2.45, 2.75) is 12.8 Å². The van der Waals surface area contributed by atoms with Crippen molar-refractivity contribution in [1.29, 1.82) is 0 Å². The van der Waals surface area contributed by atoms with E-state index in [9.17, 15) is 4.79 Å². The van der Waals surface area contributed by atoms with Gasteiger partial charge >= 0.3 is 0 Å². The van der Waals surface area contributed by atoms with Crippen molar-refractivity contribution in [2.24, 2.45) is 0 Å². The van der Waals surface area contributed by atoms with Crippen LogP contribution in [0.15, 0.2) is 63.8 Å². The van der Waals surface area contributed by atoms with Gasteiger partial charge in [0.25, 0.3) is 0 Å². The fourth-order valence-electron chi connectivity index (χ4n) is 2.37. The number of hydrogen-bond acceptors (Lipinski definition) is 3. The van der Waals surface area contributed by atoms with Gasteiger partial charge in [-0.25, -0.2) is 0 Å². The van der Waals surface area contributed by atoms with Crippen LogP contribution in [0.2, 0.25) is 0 Å². The predicted octanol–water partition coefficient (Wildman–Crippen LogP) is 3.59. The van der Waals surface area contributed by atoms with Gasteiger partial charge in [0.2, 0.25) is 0 Å². The van der Waals surface area contributed by atoms with Gasteiger partial charge in [0.05, 0.1) is 12.5 Å². The minimum absolute atomic E-state index is 0.0116. The zero-order valence-electron chi connectivity index (χ0n) is 11.8. The first-order valence-corrected chi connectivity index (χ1v) is 6.91. The van der Waals surface area contributed by atoms with E-state index in [4.69, 9.17) is 9.15 Å². The highest BCUT2D eigenvalue weighted by Crippen LogP contribution is 2.16. The lowest BCUT2D eigenvalue weighted by Gasteiger charge is -2.05. The highest BCUT2D eigenvalue weighted by atomic mass is 16.5. The molecule has 0 atom stereocenters. The van der Waals surface area contributed by atoms with E-state index in [0.29, 0.717) is 23.2 Å². The van der Waals surface area contributed by atoms with Crippen molar-refractivity contribution < 1.29 is 9.15 Å². The Balaban J connectivity index is 1.83. The first kappa shape index (κ1) is 13.4. The van der Waals surface area contributed by atoms with Gasteiger partial charge in [-0.1, -0.05) is 24.3 Å². The molecule has 21 heavy (non-hydrogen) atoms. The molecule has 0 saturated carbocycles. The molecule has 3 heteroatoms. The predicted molar refractivity (Wildman–Crippen MR) is 82.9 cm³/mol. The Hall–Kier alpha value is -2.55. The zero-order chi connectivity index (χ0) is 14.7. The van der Waals surface area contributed by atoms with Crippen LogP contribution in [0.4, 0.5) is 0 Å². The van der Waals surface area contributed by atoms with Crippen molar-refractivity contribution in [3.63, 3.8) is 0 Å². The maximum absolute atomic E-state index is 12.0. The number of ether oxygens (including phenoxy) is 1. The van der Waals surface area contributed by atoms with Crippen LogP contribution in [0.1, 0.15) is 11.3 Å². The number of methoxy groups -OCH3 is 1. The SMILES string of the molecule is COc1cccc(CCc2cc(=O)c3ccccc3o2)c1. The molecule has 3 rings (SSSR count). The molecule has 0 amide bonds. The second-order valence-corrected chi connectivity index (χ2v) is 4.92. The molecule has 0 aliphatic carbocycles. The van der Waals surface area contributed by atoms with Gasteiger partial charge in [-0.15, -0.1) is 0 Å². The summed E-state index contributed by atoms with van der Waals surface area (Å²) in [5, 5.41) is 0.627. The molecule has 0 spiro atoms. The second-order valence-electron chi connectivity index (χ2n) is 4.92. The second kappa shape index (κ2) is 5.83. The highest BCUT2D eigenvalue weighted by Gasteiger charge is 2.05. The fourth-order valence-corrected chi connectivity index (χ4v) is 2.37. The van der Waals surface area contributed by atoms with Gasteiger partial charge in [-0.2, -0.15) is 0 Å². The van der Waals surface area contributed by atoms with E-state index in [-0.39, 0.29) is 5.43 Å². The maximum atomic E-state index is 12.0. The summed E-state index contributed by atoms with van der Waals surface area (Å²) < 4.78 is 11.0. The van der Waals surface area contributed by atoms with Gasteiger partial charge in [0.1, 0.15) is 17.1 Å². The first-order chi connectivity index (χ1) is 10.3. The number of fused-ring (bicyclic) bond motifs is 1. The summed E-state index contributed by atoms with van der Waals surface area (Å²) in [7, 11) is 1.65. The van der Waals surface area contributed by atoms with Gasteiger partial charge in [-0.3, -0.25) is 4.79 Å². The van der Waals surface area contributed by atoms with Gasteiger partial charge < -0.3 is 9.15 Å². The molecule has 0 N–H and O–H groups in total. The third-order valence-electron chi connectivity index (χ3n) is 3.48. The van der Waals surface area contributed by atoms with E-state index in [2.05, 4.69) is 0 Å². The lowest BCUT2D eigenvalue weighted by atomic mass is 10.1. The van der Waals surface area contributed by atoms with Crippen molar-refractivity contribution in [2.75, 3.05) is 7.11 Å². The lowest BCUT2D eigenvalue weighted by molar-refractivity contribution is 0.414. The summed E-state index contributed by atoms with van der Waals surface area (Å²) in [5.74, 6) is 1.55. The Morgan fingerprint density at radius 2 is 1.86 bits per heavy atom. The number of para-hydroxylation sites is 1. The van der Waals surface area contributed by atoms with E-state index >= 15 is 0 Å². The average molecular weight is 280 g/mol. The van der Waals surface area contributed by atoms with Crippen LogP contribution in [0.5, 0.6) is 5.75 Å². The van der Waals surface area contributed by atoms with Gasteiger partial charge in [0, 0.05) is 12.5 Å². The minimum Gasteiger partial charge on any atom is -0.497 e. The Kier molecular flexibility index (Phi) is 3.73. The molecule has 3 nitrogen and oxygen atoms in total. The zero-order valence-corrected chi connectivity index (χ0v) is 11.8. The van der Waals surface area contributed by atoms with Crippen molar-refractivity contribution in [3.8, 4) is 5.75 Å². The van der Waals surface area contributed by atoms with Crippen molar-refractivity contribution in [3.05, 3.63) is 76.1 Å². The summed E-state index contributed by atoms with van der Waals surface area (Å²) in [6.07, 6.45) is 1.49. The van der Waals surface area contributed by atoms with E-state index in [1.54, 1.807) is 19.2 Å². The Morgan fingerprint density at radius 1 is 1.00 bits per heavy atom. The van der Waals surface area contributed by atoms with Gasteiger partial charge in [0.15, 0.2) is 5.43 Å². The van der Waals surface area contributed by atoms with Crippen molar-refractivity contribution in [1.82, 2.24) is 0 Å². The first-order valence-electron chi connectivity index (χ1n) is 6.91. The van der Waals surface area contributed by atoms with Crippen LogP contribution in [-0.2, 0) is 12.8 Å². The van der Waals surface area contributed by atoms with Crippen LogP contribution in [-0.4, -0.2) is 7.11 Å². The molecule has 106 valence electrons. The highest BCUT2D eigenvalue weighted by molar-refractivity contribution is 5.76. The number of aryl methyl sites for hydroxylation is 2. The molecule has 0 saturated heterocycles. The molecule has 3 aromatic rings. The number of hydrogen-bond donors (Lipinski definition) is 0. The molecule has 0 radical (unpaired) electrons. The van der Waals surface area contributed by atoms with Crippen LogP contribution < -0.4 is 10.2 Å². The fraction of sp³-hybridized carbons (Fsp3) is 0.167. The quantitative estimate of drug-likeness (QED) is 0.733. The summed E-state index contributed by atoms with van der Waals surface area (Å²) in [5.41, 5.74) is 1.81. The minimum atomic E-state index is 0.0116. The molecular weight excluding hydrogens is 264 g/mol. The molecule has 0 aliphatic heterocycles. The Bertz CT molecular complexity index is 818. The van der Waals surface area contributed by atoms with E-state index < -0.39 is 0 Å². The Labute approximate surface area is 122 Å². The van der Waals surface area contributed by atoms with Crippen LogP contribution in [0, 0.1) is 0 Å². The third kappa shape index (κ3) is 2.97. The third-order valence-corrected chi connectivity index (χ3v) is 3.48. The van der Waals surface area contributed by atoms with E-state index in [0.717, 1.165) is 17.7 Å². The normalized spacial score (nSPS) is 10.7. The standard InChI is InChI=1S/C18H16O3/c1-20-14-6-4-5-13(11-14)9-10-15-12-17(19)16-7-2-3-8-18(16)21-15/h2-8,11-12H,9-10H2,1H3. The number of benzene rings is 2. The summed E-state index contributed by atoms with van der Waals surface area (Å²) in [6, 6.07) is 16.8. The summed E-state index contributed by atoms with van der Waals surface area (Å²) in [4.78, 5) is 12.0. The summed E-state index contributed by atoms with van der Waals surface area (Å²) in [6.45, 7) is 0. The maximum Gasteiger partial charge on any atom is 0.192 e. The largest absolute Gasteiger partial charge is 0.497 e. The number of rotatable bonds is 4. The monoisotopic (exact) mass is 280 g/mol. The molecule has 0 fully saturated rings. The average Bonchev–Trinajstić information content (AvgIpc) is 2.53. The smallest absolute Gasteiger partial charge is 0.192 e. The van der Waals surface area contributed by atoms with Crippen LogP contribution >= 0.6 is 0 Å². The van der Waals surface area contributed by atoms with Gasteiger partial charge in [-0.05, 0) is 36.2 Å². The molecule has 1 heterocycles. The lowest BCUT2D eigenvalue weighted by Crippen LogP contribution is -2.03. The molecule has 2 aromatic carbocycles. The van der Waals surface area contributed by atoms with Crippen LogP contribution in [0.3, 0.4) is 0 Å². The van der Waals surface area contributed by atoms with Crippen LogP contribution in [0.25, 0.3) is 11.0 Å².